The molecule has 2 aromatic rings. The van der Waals surface area contributed by atoms with Crippen molar-refractivity contribution in [1.82, 2.24) is 0 Å². The van der Waals surface area contributed by atoms with Gasteiger partial charge in [-0.3, -0.25) is 9.98 Å². The molecule has 0 unspecified atom stereocenters. The SMILES string of the molecule is CCCCCc1cc(CCCCC)cc(/N=C(C)/C(CCCC)=N/c2cc(CCCCC)cc(CCCCC)c2)c1.[Ni]. The second-order valence-corrected chi connectivity index (χ2v) is 12.2. The van der Waals surface area contributed by atoms with Crippen LogP contribution < -0.4 is 0 Å². The zero-order valence-corrected chi connectivity index (χ0v) is 29.1. The van der Waals surface area contributed by atoms with Crippen LogP contribution in [0.3, 0.4) is 0 Å². The Hall–Kier alpha value is -1.73. The number of aliphatic imine (C=N–C) groups is 2. The van der Waals surface area contributed by atoms with Gasteiger partial charge in [0.15, 0.2) is 0 Å². The van der Waals surface area contributed by atoms with E-state index in [1.54, 1.807) is 0 Å². The third kappa shape index (κ3) is 15.7. The van der Waals surface area contributed by atoms with Gasteiger partial charge in [0.25, 0.3) is 0 Å². The quantitative estimate of drug-likeness (QED) is 0.0713. The van der Waals surface area contributed by atoms with Gasteiger partial charge in [-0.25, -0.2) is 0 Å². The van der Waals surface area contributed by atoms with Gasteiger partial charge in [0.2, 0.25) is 0 Å². The fraction of sp³-hybridized carbons (Fsp3) is 0.641. The van der Waals surface area contributed by atoms with Crippen LogP contribution in [0.15, 0.2) is 46.4 Å². The molecule has 0 spiro atoms. The van der Waals surface area contributed by atoms with E-state index in [4.69, 9.17) is 9.98 Å². The maximum absolute atomic E-state index is 5.32. The molecule has 0 radical (unpaired) electrons. The van der Waals surface area contributed by atoms with E-state index in [0.717, 1.165) is 61.3 Å². The Bertz CT molecular complexity index is 996. The number of unbranched alkanes of at least 4 members (excludes halogenated alkanes) is 9. The zero-order chi connectivity index (χ0) is 29.7. The van der Waals surface area contributed by atoms with Crippen LogP contribution in [0, 0.1) is 0 Å². The summed E-state index contributed by atoms with van der Waals surface area (Å²) in [6.07, 6.45) is 23.2. The van der Waals surface area contributed by atoms with Crippen molar-refractivity contribution < 1.29 is 16.5 Å². The Kier molecular flexibility index (Phi) is 21.6. The van der Waals surface area contributed by atoms with Crippen LogP contribution in [0.2, 0.25) is 0 Å². The van der Waals surface area contributed by atoms with Crippen molar-refractivity contribution >= 4 is 22.8 Å². The van der Waals surface area contributed by atoms with E-state index in [2.05, 4.69) is 77.9 Å². The summed E-state index contributed by atoms with van der Waals surface area (Å²) in [6, 6.07) is 14.2. The van der Waals surface area contributed by atoms with E-state index in [-0.39, 0.29) is 16.5 Å². The molecule has 0 amide bonds. The van der Waals surface area contributed by atoms with Gasteiger partial charge in [0, 0.05) is 16.5 Å². The Balaban J connectivity index is 0.00000882. The van der Waals surface area contributed by atoms with Crippen LogP contribution >= 0.6 is 0 Å². The molecule has 0 aromatic heterocycles. The van der Waals surface area contributed by atoms with Gasteiger partial charge < -0.3 is 0 Å². The van der Waals surface area contributed by atoms with E-state index in [1.165, 1.54) is 106 Å². The predicted molar refractivity (Wildman–Crippen MR) is 185 cm³/mol. The largest absolute Gasteiger partial charge is 0.252 e. The number of aryl methyl sites for hydroxylation is 4. The summed E-state index contributed by atoms with van der Waals surface area (Å²) >= 11 is 0. The summed E-state index contributed by atoms with van der Waals surface area (Å²) in [5.74, 6) is 0. The molecule has 0 heterocycles. The standard InChI is InChI=1S/C39H62N2.Ni/c1-7-12-17-21-33-26-34(22-18-13-8-2)29-37(28-33)40-32(6)39(25-16-11-5)41-38-30-35(23-19-14-9-3)27-36(31-38)24-20-15-10-4;/h26-31H,7-25H2,1-6H3;/b40-32+,41-39+;. The van der Waals surface area contributed by atoms with Crippen LogP contribution in [-0.4, -0.2) is 11.4 Å². The summed E-state index contributed by atoms with van der Waals surface area (Å²) < 4.78 is 0. The van der Waals surface area contributed by atoms with Crippen molar-refractivity contribution in [2.75, 3.05) is 0 Å². The number of rotatable bonds is 22. The van der Waals surface area contributed by atoms with E-state index in [9.17, 15) is 0 Å². The molecular formula is C39H62N2Ni. The van der Waals surface area contributed by atoms with Crippen LogP contribution in [0.5, 0.6) is 0 Å². The molecule has 0 aliphatic heterocycles. The van der Waals surface area contributed by atoms with Crippen molar-refractivity contribution in [1.29, 1.82) is 0 Å². The molecule has 238 valence electrons. The second-order valence-electron chi connectivity index (χ2n) is 12.2. The summed E-state index contributed by atoms with van der Waals surface area (Å²) in [4.78, 5) is 10.6. The second kappa shape index (κ2) is 23.7. The third-order valence-electron chi connectivity index (χ3n) is 8.10. The maximum Gasteiger partial charge on any atom is 0.0639 e. The summed E-state index contributed by atoms with van der Waals surface area (Å²) in [5, 5.41) is 0. The van der Waals surface area contributed by atoms with Gasteiger partial charge in [0.05, 0.1) is 22.8 Å². The monoisotopic (exact) mass is 616 g/mol. The van der Waals surface area contributed by atoms with Gasteiger partial charge in [-0.2, -0.15) is 0 Å². The first kappa shape index (κ1) is 38.3. The minimum Gasteiger partial charge on any atom is -0.252 e. The van der Waals surface area contributed by atoms with E-state index >= 15 is 0 Å². The molecule has 2 rings (SSSR count). The molecule has 0 aliphatic rings. The van der Waals surface area contributed by atoms with Crippen molar-refractivity contribution in [3.05, 3.63) is 58.7 Å². The molecule has 0 N–H and O–H groups in total. The van der Waals surface area contributed by atoms with Gasteiger partial charge in [-0.1, -0.05) is 105 Å². The predicted octanol–water partition coefficient (Wildman–Crippen LogP) is 12.7. The Morgan fingerprint density at radius 3 is 1.12 bits per heavy atom. The van der Waals surface area contributed by atoms with Gasteiger partial charge in [-0.15, -0.1) is 0 Å². The summed E-state index contributed by atoms with van der Waals surface area (Å²) in [7, 11) is 0. The normalized spacial score (nSPS) is 12.0. The summed E-state index contributed by atoms with van der Waals surface area (Å²) in [6.45, 7) is 13.6. The first-order chi connectivity index (χ1) is 20.0. The average molecular weight is 618 g/mol. The molecular weight excluding hydrogens is 555 g/mol. The fourth-order valence-corrected chi connectivity index (χ4v) is 5.58. The third-order valence-corrected chi connectivity index (χ3v) is 8.10. The number of hydrogen-bond acceptors (Lipinski definition) is 2. The maximum atomic E-state index is 5.32. The number of benzene rings is 2. The zero-order valence-electron chi connectivity index (χ0n) is 28.1. The molecule has 42 heavy (non-hydrogen) atoms. The van der Waals surface area contributed by atoms with Crippen molar-refractivity contribution in [3.63, 3.8) is 0 Å². The Morgan fingerprint density at radius 2 is 0.786 bits per heavy atom. The van der Waals surface area contributed by atoms with E-state index in [1.807, 2.05) is 0 Å². The smallest absolute Gasteiger partial charge is 0.0639 e. The van der Waals surface area contributed by atoms with Crippen LogP contribution in [0.1, 0.15) is 160 Å². The molecule has 3 heteroatoms. The summed E-state index contributed by atoms with van der Waals surface area (Å²) in [5.41, 5.74) is 10.3. The molecule has 0 saturated carbocycles. The van der Waals surface area contributed by atoms with Crippen LogP contribution in [0.4, 0.5) is 11.4 Å². The fourth-order valence-electron chi connectivity index (χ4n) is 5.58. The number of hydrogen-bond donors (Lipinski definition) is 0. The van der Waals surface area contributed by atoms with Crippen molar-refractivity contribution in [3.8, 4) is 0 Å². The van der Waals surface area contributed by atoms with Crippen molar-refractivity contribution in [2.24, 2.45) is 9.98 Å². The topological polar surface area (TPSA) is 24.7 Å². The van der Waals surface area contributed by atoms with E-state index < -0.39 is 0 Å². The molecule has 0 atom stereocenters. The molecule has 2 aromatic carbocycles. The van der Waals surface area contributed by atoms with Crippen LogP contribution in [0.25, 0.3) is 0 Å². The first-order valence-corrected chi connectivity index (χ1v) is 17.4. The molecule has 0 saturated heterocycles. The van der Waals surface area contributed by atoms with Gasteiger partial charge >= 0.3 is 0 Å². The average Bonchev–Trinajstić information content (AvgIpc) is 2.96. The molecule has 2 nitrogen and oxygen atoms in total. The first-order valence-electron chi connectivity index (χ1n) is 17.4. The Labute approximate surface area is 270 Å². The molecule has 0 bridgehead atoms. The Morgan fingerprint density at radius 1 is 0.452 bits per heavy atom. The van der Waals surface area contributed by atoms with Gasteiger partial charge in [-0.05, 0) is 118 Å². The minimum absolute atomic E-state index is 0. The number of nitrogens with zero attached hydrogens (tertiary/aromatic N) is 2. The minimum atomic E-state index is 0. The van der Waals surface area contributed by atoms with Gasteiger partial charge in [0.1, 0.15) is 0 Å². The van der Waals surface area contributed by atoms with Crippen LogP contribution in [-0.2, 0) is 42.2 Å². The molecule has 0 aliphatic carbocycles. The van der Waals surface area contributed by atoms with E-state index in [0.29, 0.717) is 0 Å². The van der Waals surface area contributed by atoms with Crippen molar-refractivity contribution in [2.45, 2.75) is 164 Å². The molecule has 0 fully saturated rings.